The summed E-state index contributed by atoms with van der Waals surface area (Å²) in [4.78, 5) is 12.4. The van der Waals surface area contributed by atoms with E-state index >= 15 is 0 Å². The van der Waals surface area contributed by atoms with E-state index in [0.717, 1.165) is 38.5 Å². The van der Waals surface area contributed by atoms with Crippen LogP contribution in [-0.4, -0.2) is 28.7 Å². The molecule has 4 saturated carbocycles. The molecule has 0 aromatic heterocycles. The fourth-order valence-electron chi connectivity index (χ4n) is 7.66. The van der Waals surface area contributed by atoms with E-state index in [4.69, 9.17) is 4.74 Å². The maximum Gasteiger partial charge on any atom is 0.181 e. The number of epoxide rings is 1. The normalized spacial score (nSPS) is 61.2. The van der Waals surface area contributed by atoms with E-state index in [0.29, 0.717) is 24.2 Å². The number of hydrogen-bond donors (Lipinski definition) is 1. The quantitative estimate of drug-likeness (QED) is 0.694. The number of fused-ring (bicyclic) bond motifs is 4. The molecule has 1 spiro atoms. The Bertz CT molecular complexity index is 656. The van der Waals surface area contributed by atoms with Crippen molar-refractivity contribution in [1.29, 1.82) is 5.26 Å². The van der Waals surface area contributed by atoms with E-state index in [-0.39, 0.29) is 34.4 Å². The van der Waals surface area contributed by atoms with Crippen LogP contribution in [-0.2, 0) is 9.53 Å². The molecule has 1 N–H and O–H groups in total. The monoisotopic (exact) mass is 329 g/mol. The molecule has 0 amide bonds. The van der Waals surface area contributed by atoms with Crippen LogP contribution >= 0.6 is 0 Å². The molecule has 1 heterocycles. The molecule has 24 heavy (non-hydrogen) atoms. The number of aliphatic hydroxyl groups excluding tert-OH is 1. The fourth-order valence-corrected chi connectivity index (χ4v) is 7.66. The summed E-state index contributed by atoms with van der Waals surface area (Å²) in [6, 6.07) is 2.25. The molecule has 3 unspecified atom stereocenters. The molecule has 5 fully saturated rings. The van der Waals surface area contributed by atoms with Gasteiger partial charge >= 0.3 is 0 Å². The van der Waals surface area contributed by atoms with Crippen molar-refractivity contribution in [3.8, 4) is 6.07 Å². The molecular weight excluding hydrogens is 302 g/mol. The highest BCUT2D eigenvalue weighted by Gasteiger charge is 2.78. The molecule has 130 valence electrons. The Morgan fingerprint density at radius 3 is 2.71 bits per heavy atom. The average Bonchev–Trinajstić information content (AvgIpc) is 3.23. The van der Waals surface area contributed by atoms with Crippen molar-refractivity contribution in [2.24, 2.45) is 34.5 Å². The molecule has 1 saturated heterocycles. The molecule has 5 aliphatic rings. The van der Waals surface area contributed by atoms with E-state index in [1.807, 2.05) is 0 Å². The van der Waals surface area contributed by atoms with Crippen LogP contribution in [0.3, 0.4) is 0 Å². The van der Waals surface area contributed by atoms with Gasteiger partial charge in [-0.05, 0) is 68.1 Å². The highest BCUT2D eigenvalue weighted by Crippen LogP contribution is 2.72. The van der Waals surface area contributed by atoms with Gasteiger partial charge < -0.3 is 9.84 Å². The molecule has 4 heteroatoms. The standard InChI is InChI=1S/C20H27NO3/c1-18-7-6-14-12(13(18)3-4-15(18)22)5-8-20-17(24-20)16(23)11(10-21)9-19(14,20)2/h11-15,17,22H,3-9H2,1-2H3/t11-,12?,13?,14?,15-,17+,18-,19+,20+/m0/s1. The number of ketones is 1. The number of ether oxygens (including phenoxy) is 1. The van der Waals surface area contributed by atoms with Crippen molar-refractivity contribution in [1.82, 2.24) is 0 Å². The van der Waals surface area contributed by atoms with Gasteiger partial charge in [-0.1, -0.05) is 13.8 Å². The van der Waals surface area contributed by atoms with Crippen LogP contribution in [0.4, 0.5) is 0 Å². The molecule has 1 aliphatic heterocycles. The molecule has 0 bridgehead atoms. The van der Waals surface area contributed by atoms with Gasteiger partial charge in [0, 0.05) is 5.41 Å². The van der Waals surface area contributed by atoms with Crippen LogP contribution in [0.2, 0.25) is 0 Å². The number of aliphatic hydroxyl groups is 1. The summed E-state index contributed by atoms with van der Waals surface area (Å²) in [5.41, 5.74) is -0.252. The average molecular weight is 329 g/mol. The van der Waals surface area contributed by atoms with Gasteiger partial charge in [-0.3, -0.25) is 4.79 Å². The Kier molecular flexibility index (Phi) is 2.83. The second-order valence-corrected chi connectivity index (χ2v) is 9.65. The number of nitriles is 1. The van der Waals surface area contributed by atoms with Crippen molar-refractivity contribution in [3.63, 3.8) is 0 Å². The van der Waals surface area contributed by atoms with E-state index in [9.17, 15) is 15.2 Å². The lowest BCUT2D eigenvalue weighted by molar-refractivity contribution is -0.138. The first-order valence-electron chi connectivity index (χ1n) is 9.67. The fraction of sp³-hybridized carbons (Fsp3) is 0.900. The van der Waals surface area contributed by atoms with Crippen molar-refractivity contribution >= 4 is 5.78 Å². The molecule has 4 aliphatic carbocycles. The van der Waals surface area contributed by atoms with Gasteiger partial charge in [-0.15, -0.1) is 0 Å². The lowest BCUT2D eigenvalue weighted by atomic mass is 9.44. The first-order chi connectivity index (χ1) is 11.4. The minimum absolute atomic E-state index is 0.0327. The zero-order chi connectivity index (χ0) is 16.9. The summed E-state index contributed by atoms with van der Waals surface area (Å²) < 4.78 is 6.07. The Morgan fingerprint density at radius 1 is 1.17 bits per heavy atom. The first-order valence-corrected chi connectivity index (χ1v) is 9.67. The van der Waals surface area contributed by atoms with Gasteiger partial charge in [0.2, 0.25) is 0 Å². The number of hydrogen-bond acceptors (Lipinski definition) is 4. The third-order valence-electron chi connectivity index (χ3n) is 9.10. The second-order valence-electron chi connectivity index (χ2n) is 9.65. The van der Waals surface area contributed by atoms with Crippen molar-refractivity contribution in [3.05, 3.63) is 0 Å². The molecule has 0 aromatic rings. The van der Waals surface area contributed by atoms with Gasteiger partial charge in [-0.2, -0.15) is 5.26 Å². The van der Waals surface area contributed by atoms with Crippen LogP contribution in [0.15, 0.2) is 0 Å². The van der Waals surface area contributed by atoms with Crippen LogP contribution in [0.25, 0.3) is 0 Å². The molecular formula is C20H27NO3. The number of carbonyl (C=O) groups excluding carboxylic acids is 1. The predicted octanol–water partition coefficient (Wildman–Crippen LogP) is 2.84. The number of rotatable bonds is 0. The summed E-state index contributed by atoms with van der Waals surface area (Å²) in [6.45, 7) is 4.59. The van der Waals surface area contributed by atoms with Crippen LogP contribution in [0, 0.1) is 45.8 Å². The van der Waals surface area contributed by atoms with Crippen molar-refractivity contribution < 1.29 is 14.6 Å². The minimum atomic E-state index is -0.489. The molecule has 5 rings (SSSR count). The van der Waals surface area contributed by atoms with Crippen LogP contribution in [0.1, 0.15) is 58.8 Å². The number of nitrogens with zero attached hydrogens (tertiary/aromatic N) is 1. The van der Waals surface area contributed by atoms with Gasteiger partial charge in [0.15, 0.2) is 5.78 Å². The largest absolute Gasteiger partial charge is 0.393 e. The van der Waals surface area contributed by atoms with E-state index in [2.05, 4.69) is 19.9 Å². The van der Waals surface area contributed by atoms with Gasteiger partial charge in [0.1, 0.15) is 17.6 Å². The Balaban J connectivity index is 1.53. The molecule has 0 radical (unpaired) electrons. The second kappa shape index (κ2) is 4.43. The smallest absolute Gasteiger partial charge is 0.181 e. The molecule has 9 atom stereocenters. The third-order valence-corrected chi connectivity index (χ3v) is 9.10. The number of carbonyl (C=O) groups is 1. The van der Waals surface area contributed by atoms with Gasteiger partial charge in [-0.25, -0.2) is 0 Å². The zero-order valence-corrected chi connectivity index (χ0v) is 14.6. The maximum atomic E-state index is 12.4. The molecule has 4 nitrogen and oxygen atoms in total. The van der Waals surface area contributed by atoms with E-state index < -0.39 is 5.92 Å². The zero-order valence-electron chi connectivity index (χ0n) is 14.6. The maximum absolute atomic E-state index is 12.4. The Morgan fingerprint density at radius 2 is 1.96 bits per heavy atom. The summed E-state index contributed by atoms with van der Waals surface area (Å²) in [5.74, 6) is 1.29. The summed E-state index contributed by atoms with van der Waals surface area (Å²) >= 11 is 0. The lowest BCUT2D eigenvalue weighted by Gasteiger charge is -2.59. The van der Waals surface area contributed by atoms with Gasteiger partial charge in [0.05, 0.1) is 12.2 Å². The van der Waals surface area contributed by atoms with Crippen LogP contribution < -0.4 is 0 Å². The predicted molar refractivity (Wildman–Crippen MR) is 86.7 cm³/mol. The summed E-state index contributed by atoms with van der Waals surface area (Å²) in [6.07, 6.45) is 6.53. The summed E-state index contributed by atoms with van der Waals surface area (Å²) in [7, 11) is 0. The highest BCUT2D eigenvalue weighted by atomic mass is 16.6. The van der Waals surface area contributed by atoms with Crippen molar-refractivity contribution in [2.45, 2.75) is 76.6 Å². The van der Waals surface area contributed by atoms with Crippen LogP contribution in [0.5, 0.6) is 0 Å². The SMILES string of the molecule is C[C@]12CCC3C(CC[C@@]45O[C@@H]4C(=O)[C@H](C#N)C[C@]35C)C1CC[C@@H]2O. The number of Topliss-reactive ketones (excluding diaryl/α,β-unsaturated/α-hetero) is 1. The summed E-state index contributed by atoms with van der Waals surface area (Å²) in [5, 5.41) is 20.0. The topological polar surface area (TPSA) is 73.6 Å². The van der Waals surface area contributed by atoms with Crippen molar-refractivity contribution in [2.75, 3.05) is 0 Å². The van der Waals surface area contributed by atoms with Gasteiger partial charge in [0.25, 0.3) is 0 Å². The molecule has 0 aromatic carbocycles. The van der Waals surface area contributed by atoms with E-state index in [1.54, 1.807) is 0 Å². The lowest BCUT2D eigenvalue weighted by Crippen LogP contribution is -2.59. The first kappa shape index (κ1) is 15.3. The Labute approximate surface area is 143 Å². The highest BCUT2D eigenvalue weighted by molar-refractivity contribution is 5.92. The Hall–Kier alpha value is -0.920. The third kappa shape index (κ3) is 1.51. The van der Waals surface area contributed by atoms with E-state index in [1.165, 1.54) is 0 Å². The minimum Gasteiger partial charge on any atom is -0.393 e.